The van der Waals surface area contributed by atoms with Gasteiger partial charge in [0.2, 0.25) is 20.0 Å². The molecule has 0 aromatic heterocycles. The van der Waals surface area contributed by atoms with Crippen molar-refractivity contribution in [2.24, 2.45) is 5.14 Å². The van der Waals surface area contributed by atoms with Gasteiger partial charge in [-0.05, 0) is 31.2 Å². The number of benzene rings is 1. The van der Waals surface area contributed by atoms with E-state index in [1.54, 1.807) is 6.92 Å². The van der Waals surface area contributed by atoms with E-state index in [-0.39, 0.29) is 22.9 Å². The van der Waals surface area contributed by atoms with Crippen LogP contribution in [0.15, 0.2) is 34.1 Å². The first-order valence-corrected chi connectivity index (χ1v) is 8.50. The Morgan fingerprint density at radius 1 is 1.11 bits per heavy atom. The van der Waals surface area contributed by atoms with E-state index in [0.29, 0.717) is 6.61 Å². The van der Waals surface area contributed by atoms with Crippen molar-refractivity contribution in [3.63, 3.8) is 0 Å². The summed E-state index contributed by atoms with van der Waals surface area (Å²) in [5, 5.41) is 4.92. The average molecular weight is 308 g/mol. The predicted molar refractivity (Wildman–Crippen MR) is 69.5 cm³/mol. The lowest BCUT2D eigenvalue weighted by Crippen LogP contribution is -2.27. The van der Waals surface area contributed by atoms with Gasteiger partial charge in [0.1, 0.15) is 0 Å². The van der Waals surface area contributed by atoms with Gasteiger partial charge in [-0.1, -0.05) is 0 Å². The minimum atomic E-state index is -3.82. The smallest absolute Gasteiger partial charge is 0.240 e. The number of rotatable bonds is 7. The number of nitrogens with two attached hydrogens (primary N) is 1. The molecule has 1 rings (SSSR count). The van der Waals surface area contributed by atoms with Crippen molar-refractivity contribution in [3.05, 3.63) is 24.3 Å². The minimum absolute atomic E-state index is 0.0311. The molecule has 3 N–H and O–H groups in total. The van der Waals surface area contributed by atoms with E-state index in [0.717, 1.165) is 12.1 Å². The lowest BCUT2D eigenvalue weighted by atomic mass is 10.4. The molecule has 0 amide bonds. The molecule has 0 bridgehead atoms. The quantitative estimate of drug-likeness (QED) is 0.668. The third-order valence-electron chi connectivity index (χ3n) is 2.21. The molecule has 0 aliphatic heterocycles. The van der Waals surface area contributed by atoms with Crippen LogP contribution >= 0.6 is 0 Å². The van der Waals surface area contributed by atoms with Crippen LogP contribution in [0, 0.1) is 0 Å². The first-order chi connectivity index (χ1) is 8.77. The fraction of sp³-hybridized carbons (Fsp3) is 0.400. The number of nitrogens with one attached hydrogen (secondary N) is 1. The fourth-order valence-electron chi connectivity index (χ4n) is 1.28. The summed E-state index contributed by atoms with van der Waals surface area (Å²) >= 11 is 0. The number of hydrogen-bond donors (Lipinski definition) is 2. The Hall–Kier alpha value is -1.00. The van der Waals surface area contributed by atoms with E-state index in [9.17, 15) is 16.8 Å². The van der Waals surface area contributed by atoms with Crippen molar-refractivity contribution in [1.82, 2.24) is 4.72 Å². The van der Waals surface area contributed by atoms with E-state index < -0.39 is 20.0 Å². The average Bonchev–Trinajstić information content (AvgIpc) is 2.34. The molecule has 0 unspecified atom stereocenters. The fourth-order valence-corrected chi connectivity index (χ4v) is 2.81. The second-order valence-corrected chi connectivity index (χ2v) is 6.94. The lowest BCUT2D eigenvalue weighted by Gasteiger charge is -2.07. The summed E-state index contributed by atoms with van der Waals surface area (Å²) in [5.41, 5.74) is 0. The first kappa shape index (κ1) is 16.1. The standard InChI is InChI=1S/C10H16N2O5S2/c1-2-17-8-7-12-19(15,16)10-5-3-9(4-6-10)18(11,13)14/h3-6,12H,2,7-8H2,1H3,(H2,11,13,14). The van der Waals surface area contributed by atoms with Gasteiger partial charge in [-0.25, -0.2) is 26.7 Å². The van der Waals surface area contributed by atoms with Crippen LogP contribution in [0.25, 0.3) is 0 Å². The highest BCUT2D eigenvalue weighted by molar-refractivity contribution is 7.89. The van der Waals surface area contributed by atoms with Gasteiger partial charge in [0.25, 0.3) is 0 Å². The molecule has 9 heteroatoms. The SMILES string of the molecule is CCOCCNS(=O)(=O)c1ccc(S(N)(=O)=O)cc1. The summed E-state index contributed by atoms with van der Waals surface area (Å²) in [5.74, 6) is 0. The van der Waals surface area contributed by atoms with Crippen LogP contribution in [0.4, 0.5) is 0 Å². The molecule has 1 aromatic rings. The van der Waals surface area contributed by atoms with Gasteiger partial charge < -0.3 is 4.74 Å². The number of sulfonamides is 2. The monoisotopic (exact) mass is 308 g/mol. The zero-order valence-corrected chi connectivity index (χ0v) is 12.0. The van der Waals surface area contributed by atoms with Crippen LogP contribution < -0.4 is 9.86 Å². The van der Waals surface area contributed by atoms with E-state index in [1.165, 1.54) is 12.1 Å². The van der Waals surface area contributed by atoms with Crippen LogP contribution in [0.2, 0.25) is 0 Å². The number of primary sulfonamides is 1. The summed E-state index contributed by atoms with van der Waals surface area (Å²) in [6, 6.07) is 4.66. The molecule has 0 spiro atoms. The normalized spacial score (nSPS) is 12.5. The van der Waals surface area contributed by atoms with Gasteiger partial charge >= 0.3 is 0 Å². The summed E-state index contributed by atoms with van der Waals surface area (Å²) < 4.78 is 53.0. The Kier molecular flexibility index (Phi) is 5.44. The van der Waals surface area contributed by atoms with E-state index in [1.807, 2.05) is 0 Å². The molecule has 0 aliphatic carbocycles. The zero-order chi connectivity index (χ0) is 14.5. The summed E-state index contributed by atoms with van der Waals surface area (Å²) in [6.45, 7) is 2.73. The van der Waals surface area contributed by atoms with Crippen molar-refractivity contribution in [2.75, 3.05) is 19.8 Å². The highest BCUT2D eigenvalue weighted by Gasteiger charge is 2.15. The highest BCUT2D eigenvalue weighted by Crippen LogP contribution is 2.12. The van der Waals surface area contributed by atoms with Gasteiger partial charge in [0, 0.05) is 13.2 Å². The molecular formula is C10H16N2O5S2. The zero-order valence-electron chi connectivity index (χ0n) is 10.4. The maximum absolute atomic E-state index is 11.8. The molecule has 0 saturated heterocycles. The largest absolute Gasteiger partial charge is 0.380 e. The van der Waals surface area contributed by atoms with Crippen molar-refractivity contribution in [3.8, 4) is 0 Å². The lowest BCUT2D eigenvalue weighted by molar-refractivity contribution is 0.153. The Bertz CT molecular complexity index is 608. The van der Waals surface area contributed by atoms with Gasteiger partial charge in [-0.3, -0.25) is 0 Å². The van der Waals surface area contributed by atoms with Gasteiger partial charge in [0.05, 0.1) is 16.4 Å². The maximum Gasteiger partial charge on any atom is 0.240 e. The van der Waals surface area contributed by atoms with Crippen LogP contribution in [-0.4, -0.2) is 36.6 Å². The predicted octanol–water partition coefficient (Wildman–Crippen LogP) is -0.351. The van der Waals surface area contributed by atoms with Crippen molar-refractivity contribution < 1.29 is 21.6 Å². The number of hydrogen-bond acceptors (Lipinski definition) is 5. The molecule has 0 saturated carbocycles. The van der Waals surface area contributed by atoms with E-state index in [4.69, 9.17) is 9.88 Å². The number of ether oxygens (including phenoxy) is 1. The van der Waals surface area contributed by atoms with Crippen LogP contribution in [-0.2, 0) is 24.8 Å². The first-order valence-electron chi connectivity index (χ1n) is 5.47. The molecular weight excluding hydrogens is 292 g/mol. The molecule has 0 atom stereocenters. The molecule has 0 radical (unpaired) electrons. The summed E-state index contributed by atoms with van der Waals surface area (Å²) in [7, 11) is -7.49. The van der Waals surface area contributed by atoms with Gasteiger partial charge in [-0.2, -0.15) is 0 Å². The summed E-state index contributed by atoms with van der Waals surface area (Å²) in [4.78, 5) is -0.169. The van der Waals surface area contributed by atoms with E-state index >= 15 is 0 Å². The minimum Gasteiger partial charge on any atom is -0.380 e. The van der Waals surface area contributed by atoms with Crippen LogP contribution in [0.5, 0.6) is 0 Å². The van der Waals surface area contributed by atoms with Crippen molar-refractivity contribution >= 4 is 20.0 Å². The highest BCUT2D eigenvalue weighted by atomic mass is 32.2. The molecule has 19 heavy (non-hydrogen) atoms. The molecule has 0 heterocycles. The molecule has 7 nitrogen and oxygen atoms in total. The topological polar surface area (TPSA) is 116 Å². The molecule has 108 valence electrons. The van der Waals surface area contributed by atoms with E-state index in [2.05, 4.69) is 4.72 Å². The molecule has 0 aliphatic rings. The summed E-state index contributed by atoms with van der Waals surface area (Å²) in [6.07, 6.45) is 0. The van der Waals surface area contributed by atoms with Crippen LogP contribution in [0.1, 0.15) is 6.92 Å². The Labute approximate surface area is 112 Å². The van der Waals surface area contributed by atoms with Crippen molar-refractivity contribution in [2.45, 2.75) is 16.7 Å². The Balaban J connectivity index is 2.80. The van der Waals surface area contributed by atoms with Crippen LogP contribution in [0.3, 0.4) is 0 Å². The maximum atomic E-state index is 11.8. The Morgan fingerprint density at radius 2 is 1.63 bits per heavy atom. The Morgan fingerprint density at radius 3 is 2.11 bits per heavy atom. The second kappa shape index (κ2) is 6.44. The molecule has 0 fully saturated rings. The van der Waals surface area contributed by atoms with Gasteiger partial charge in [-0.15, -0.1) is 0 Å². The molecule has 1 aromatic carbocycles. The third kappa shape index (κ3) is 4.88. The third-order valence-corrected chi connectivity index (χ3v) is 4.61. The van der Waals surface area contributed by atoms with Crippen molar-refractivity contribution in [1.29, 1.82) is 0 Å². The second-order valence-electron chi connectivity index (χ2n) is 3.61. The van der Waals surface area contributed by atoms with Gasteiger partial charge in [0.15, 0.2) is 0 Å².